The number of carbonyl (C=O) groups is 1. The summed E-state index contributed by atoms with van der Waals surface area (Å²) in [4.78, 5) is 12.6. The third kappa shape index (κ3) is 3.46. The number of fused-ring (bicyclic) bond motifs is 1. The van der Waals surface area contributed by atoms with Crippen molar-refractivity contribution in [3.05, 3.63) is 71.4 Å². The number of aliphatic hydroxyl groups excluding tert-OH is 1. The summed E-state index contributed by atoms with van der Waals surface area (Å²) in [5, 5.41) is 10.5. The lowest BCUT2D eigenvalue weighted by Gasteiger charge is -2.27. The zero-order valence-corrected chi connectivity index (χ0v) is 15.7. The number of rotatable bonds is 5. The molecule has 140 valence electrons. The van der Waals surface area contributed by atoms with Gasteiger partial charge in [0.25, 0.3) is 10.0 Å². The third-order valence-corrected chi connectivity index (χ3v) is 5.96. The Morgan fingerprint density at radius 3 is 2.67 bits per heavy atom. The van der Waals surface area contributed by atoms with Crippen LogP contribution in [0.3, 0.4) is 0 Å². The molecule has 0 amide bonds. The molecule has 1 aliphatic heterocycles. The first kappa shape index (κ1) is 18.7. The van der Waals surface area contributed by atoms with E-state index < -0.39 is 15.8 Å². The number of benzene rings is 2. The lowest BCUT2D eigenvalue weighted by Crippen LogP contribution is -2.34. The molecule has 0 spiro atoms. The average Bonchev–Trinajstić information content (AvgIpc) is 2.66. The van der Waals surface area contributed by atoms with E-state index in [1.807, 2.05) is 6.92 Å². The van der Waals surface area contributed by atoms with E-state index in [0.717, 1.165) is 9.87 Å². The molecule has 0 bridgehead atoms. The number of nitrogens with zero attached hydrogens (tertiary/aromatic N) is 1. The molecule has 0 unspecified atom stereocenters. The molecular weight excluding hydrogens is 366 g/mol. The topological polar surface area (TPSA) is 83.9 Å². The summed E-state index contributed by atoms with van der Waals surface area (Å²) in [6.45, 7) is 2.40. The van der Waals surface area contributed by atoms with Crippen molar-refractivity contribution in [2.45, 2.75) is 11.8 Å². The largest absolute Gasteiger partial charge is 0.505 e. The number of hydrogen-bond acceptors (Lipinski definition) is 5. The molecule has 0 radical (unpaired) electrons. The Hall–Kier alpha value is -3.06. The number of carbonyl (C=O) groups excluding carboxylic acids is 1. The zero-order chi connectivity index (χ0) is 19.6. The minimum absolute atomic E-state index is 0.0325. The maximum Gasteiger partial charge on any atom is 0.265 e. The standard InChI is InChI=1S/C20H19NO5S/c1-3-26-15-8-6-7-14(13-15)11-12-17(22)19-20(23)16-9-4-5-10-18(16)27(24,25)21(19)2/h4-13,23H,3H2,1-2H3/b12-11+. The Kier molecular flexibility index (Phi) is 5.05. The molecule has 3 rings (SSSR count). The van der Waals surface area contributed by atoms with Gasteiger partial charge in [-0.2, -0.15) is 0 Å². The van der Waals surface area contributed by atoms with Crippen molar-refractivity contribution in [2.75, 3.05) is 13.7 Å². The van der Waals surface area contributed by atoms with Crippen molar-refractivity contribution in [1.82, 2.24) is 4.31 Å². The summed E-state index contributed by atoms with van der Waals surface area (Å²) >= 11 is 0. The molecule has 1 aliphatic rings. The predicted molar refractivity (Wildman–Crippen MR) is 103 cm³/mol. The van der Waals surface area contributed by atoms with Crippen LogP contribution in [0.25, 0.3) is 11.8 Å². The molecule has 27 heavy (non-hydrogen) atoms. The number of ketones is 1. The molecule has 2 aromatic rings. The van der Waals surface area contributed by atoms with Crippen LogP contribution in [0.2, 0.25) is 0 Å². The molecular formula is C20H19NO5S. The molecule has 6 nitrogen and oxygen atoms in total. The van der Waals surface area contributed by atoms with Crippen LogP contribution in [0.5, 0.6) is 5.75 Å². The van der Waals surface area contributed by atoms with E-state index in [9.17, 15) is 18.3 Å². The van der Waals surface area contributed by atoms with E-state index >= 15 is 0 Å². The normalized spacial score (nSPS) is 15.7. The Bertz CT molecular complexity index is 1050. The lowest BCUT2D eigenvalue weighted by atomic mass is 10.1. The molecule has 7 heteroatoms. The minimum Gasteiger partial charge on any atom is -0.505 e. The highest BCUT2D eigenvalue weighted by molar-refractivity contribution is 7.89. The monoisotopic (exact) mass is 385 g/mol. The molecule has 0 aliphatic carbocycles. The van der Waals surface area contributed by atoms with Crippen LogP contribution in [-0.4, -0.2) is 37.3 Å². The highest BCUT2D eigenvalue weighted by Gasteiger charge is 2.36. The van der Waals surface area contributed by atoms with Gasteiger partial charge in [-0.25, -0.2) is 8.42 Å². The fraction of sp³-hybridized carbons (Fsp3) is 0.150. The van der Waals surface area contributed by atoms with Crippen molar-refractivity contribution in [3.63, 3.8) is 0 Å². The highest BCUT2D eigenvalue weighted by Crippen LogP contribution is 2.34. The first-order valence-electron chi connectivity index (χ1n) is 8.33. The van der Waals surface area contributed by atoms with Gasteiger partial charge in [-0.3, -0.25) is 9.10 Å². The van der Waals surface area contributed by atoms with Crippen molar-refractivity contribution in [3.8, 4) is 5.75 Å². The van der Waals surface area contributed by atoms with Crippen LogP contribution in [0, 0.1) is 0 Å². The molecule has 1 heterocycles. The zero-order valence-electron chi connectivity index (χ0n) is 14.9. The number of sulfonamides is 1. The van der Waals surface area contributed by atoms with Gasteiger partial charge in [-0.05, 0) is 42.8 Å². The van der Waals surface area contributed by atoms with E-state index in [4.69, 9.17) is 4.74 Å². The lowest BCUT2D eigenvalue weighted by molar-refractivity contribution is -0.112. The second-order valence-corrected chi connectivity index (χ2v) is 7.81. The van der Waals surface area contributed by atoms with Gasteiger partial charge in [0.05, 0.1) is 11.5 Å². The van der Waals surface area contributed by atoms with Crippen LogP contribution in [0.15, 0.2) is 65.2 Å². The van der Waals surface area contributed by atoms with Gasteiger partial charge < -0.3 is 9.84 Å². The van der Waals surface area contributed by atoms with Crippen LogP contribution in [0.1, 0.15) is 18.1 Å². The van der Waals surface area contributed by atoms with Crippen molar-refractivity contribution >= 4 is 27.6 Å². The van der Waals surface area contributed by atoms with Crippen molar-refractivity contribution < 1.29 is 23.1 Å². The number of allylic oxidation sites excluding steroid dienone is 1. The number of aliphatic hydroxyl groups is 1. The molecule has 0 aromatic heterocycles. The summed E-state index contributed by atoms with van der Waals surface area (Å²) < 4.78 is 31.5. The number of ether oxygens (including phenoxy) is 1. The van der Waals surface area contributed by atoms with Gasteiger partial charge in [0.2, 0.25) is 5.78 Å². The SMILES string of the molecule is CCOc1cccc(/C=C/C(=O)C2=C(O)c3ccccc3S(=O)(=O)N2C)c1. The van der Waals surface area contributed by atoms with Gasteiger partial charge in [-0.1, -0.05) is 30.3 Å². The Morgan fingerprint density at radius 1 is 1.19 bits per heavy atom. The second-order valence-electron chi connectivity index (χ2n) is 5.87. The minimum atomic E-state index is -3.90. The molecule has 0 atom stereocenters. The van der Waals surface area contributed by atoms with Gasteiger partial charge in [-0.15, -0.1) is 0 Å². The fourth-order valence-electron chi connectivity index (χ4n) is 2.83. The first-order valence-corrected chi connectivity index (χ1v) is 9.77. The molecule has 2 aromatic carbocycles. The summed E-state index contributed by atoms with van der Waals surface area (Å²) in [7, 11) is -2.66. The van der Waals surface area contributed by atoms with Gasteiger partial charge in [0.15, 0.2) is 5.76 Å². The smallest absolute Gasteiger partial charge is 0.265 e. The van der Waals surface area contributed by atoms with Crippen molar-refractivity contribution in [2.24, 2.45) is 0 Å². The van der Waals surface area contributed by atoms with E-state index in [1.165, 1.54) is 25.3 Å². The first-order chi connectivity index (χ1) is 12.9. The summed E-state index contributed by atoms with van der Waals surface area (Å²) in [6, 6.07) is 13.2. The van der Waals surface area contributed by atoms with Crippen LogP contribution in [-0.2, 0) is 14.8 Å². The Morgan fingerprint density at radius 2 is 1.93 bits per heavy atom. The van der Waals surface area contributed by atoms with Gasteiger partial charge in [0, 0.05) is 12.6 Å². The van der Waals surface area contributed by atoms with E-state index in [0.29, 0.717) is 12.4 Å². The van der Waals surface area contributed by atoms with Crippen LogP contribution in [0.4, 0.5) is 0 Å². The molecule has 0 saturated carbocycles. The average molecular weight is 385 g/mol. The quantitative estimate of drug-likeness (QED) is 0.799. The summed E-state index contributed by atoms with van der Waals surface area (Å²) in [5.41, 5.74) is 0.549. The van der Waals surface area contributed by atoms with Crippen LogP contribution < -0.4 is 4.74 Å². The van der Waals surface area contributed by atoms with E-state index in [-0.39, 0.29) is 21.9 Å². The van der Waals surface area contributed by atoms with Crippen molar-refractivity contribution in [1.29, 1.82) is 0 Å². The summed E-state index contributed by atoms with van der Waals surface area (Å²) in [5.74, 6) is -0.309. The van der Waals surface area contributed by atoms with E-state index in [2.05, 4.69) is 0 Å². The maximum atomic E-state index is 12.7. The fourth-order valence-corrected chi connectivity index (χ4v) is 4.23. The van der Waals surface area contributed by atoms with Gasteiger partial charge in [0.1, 0.15) is 11.4 Å². The molecule has 1 N–H and O–H groups in total. The maximum absolute atomic E-state index is 12.7. The number of likely N-dealkylation sites (N-methyl/N-ethyl adjacent to an activating group) is 1. The predicted octanol–water partition coefficient (Wildman–Crippen LogP) is 3.23. The molecule has 0 fully saturated rings. The van der Waals surface area contributed by atoms with E-state index in [1.54, 1.807) is 42.5 Å². The third-order valence-electron chi connectivity index (χ3n) is 4.15. The highest BCUT2D eigenvalue weighted by atomic mass is 32.2. The second kappa shape index (κ2) is 7.28. The Balaban J connectivity index is 1.98. The van der Waals surface area contributed by atoms with Gasteiger partial charge >= 0.3 is 0 Å². The molecule has 0 saturated heterocycles. The van der Waals surface area contributed by atoms with Crippen LogP contribution >= 0.6 is 0 Å². The number of hydrogen-bond donors (Lipinski definition) is 1. The Labute approximate surface area is 158 Å². The summed E-state index contributed by atoms with van der Waals surface area (Å²) in [6.07, 6.45) is 2.78.